The zero-order valence-electron chi connectivity index (χ0n) is 13.5. The lowest BCUT2D eigenvalue weighted by Crippen LogP contribution is -2.32. The van der Waals surface area contributed by atoms with Crippen molar-refractivity contribution in [3.05, 3.63) is 42.9 Å². The molecule has 7 nitrogen and oxygen atoms in total. The van der Waals surface area contributed by atoms with Gasteiger partial charge in [0.25, 0.3) is 11.5 Å². The zero-order valence-corrected chi connectivity index (χ0v) is 15.2. The molecule has 2 aromatic heterocycles. The molecule has 0 bridgehead atoms. The standard InChI is InChI=1S/C17H15N3O4S2/c21-14-10-6-5-8(16(23)24)7-11(10)20-13(19-14)12(26-17(20)25)15(22)18-9-3-1-2-4-9/h5-7,9H,1-4H2,(H,18,22)(H,19,21)(H,23,24)/p-1. The molecule has 1 aromatic carbocycles. The van der Waals surface area contributed by atoms with E-state index in [0.29, 0.717) is 19.7 Å². The quantitative estimate of drug-likeness (QED) is 0.663. The second-order valence-corrected chi connectivity index (χ2v) is 7.95. The van der Waals surface area contributed by atoms with Gasteiger partial charge in [-0.1, -0.05) is 30.2 Å². The average molecular weight is 388 g/mol. The molecule has 1 aliphatic carbocycles. The van der Waals surface area contributed by atoms with Crippen molar-refractivity contribution in [2.75, 3.05) is 0 Å². The van der Waals surface area contributed by atoms with Crippen molar-refractivity contribution in [1.82, 2.24) is 14.7 Å². The third-order valence-electron chi connectivity index (χ3n) is 4.66. The first-order valence-electron chi connectivity index (χ1n) is 8.19. The lowest BCUT2D eigenvalue weighted by atomic mass is 10.1. The maximum atomic E-state index is 12.7. The molecule has 134 valence electrons. The van der Waals surface area contributed by atoms with Crippen LogP contribution in [0.15, 0.2) is 23.0 Å². The van der Waals surface area contributed by atoms with E-state index in [2.05, 4.69) is 10.3 Å². The van der Waals surface area contributed by atoms with E-state index < -0.39 is 11.5 Å². The van der Waals surface area contributed by atoms with Crippen LogP contribution in [0.25, 0.3) is 16.6 Å². The third kappa shape index (κ3) is 2.73. The van der Waals surface area contributed by atoms with Crippen molar-refractivity contribution in [2.45, 2.75) is 31.7 Å². The van der Waals surface area contributed by atoms with Crippen LogP contribution in [0, 0.1) is 3.95 Å². The Morgan fingerprint density at radius 1 is 1.31 bits per heavy atom. The van der Waals surface area contributed by atoms with E-state index >= 15 is 0 Å². The highest BCUT2D eigenvalue weighted by Crippen LogP contribution is 2.24. The normalized spacial score (nSPS) is 14.9. The van der Waals surface area contributed by atoms with Gasteiger partial charge in [0.05, 0.1) is 16.9 Å². The average Bonchev–Trinajstić information content (AvgIpc) is 3.22. The summed E-state index contributed by atoms with van der Waals surface area (Å²) in [6, 6.07) is 4.20. The third-order valence-corrected chi connectivity index (χ3v) is 6.03. The van der Waals surface area contributed by atoms with Gasteiger partial charge in [-0.05, 0) is 42.8 Å². The summed E-state index contributed by atoms with van der Waals surface area (Å²) in [6.45, 7) is 0. The lowest BCUT2D eigenvalue weighted by molar-refractivity contribution is -0.255. The first kappa shape index (κ1) is 16.9. The van der Waals surface area contributed by atoms with Crippen LogP contribution < -0.4 is 16.0 Å². The van der Waals surface area contributed by atoms with Crippen LogP contribution >= 0.6 is 23.6 Å². The van der Waals surface area contributed by atoms with Crippen molar-refractivity contribution in [3.8, 4) is 0 Å². The maximum absolute atomic E-state index is 12.7. The van der Waals surface area contributed by atoms with Crippen molar-refractivity contribution >= 4 is 52.0 Å². The molecule has 0 radical (unpaired) electrons. The molecule has 2 N–H and O–H groups in total. The molecule has 1 amide bonds. The zero-order chi connectivity index (χ0) is 18.4. The number of carbonyl (C=O) groups excluding carboxylic acids is 2. The molecule has 0 unspecified atom stereocenters. The number of H-pyrrole nitrogens is 1. The first-order chi connectivity index (χ1) is 12.5. The molecular formula is C17H14N3O4S2-. The topological polar surface area (TPSA) is 106 Å². The highest BCUT2D eigenvalue weighted by molar-refractivity contribution is 7.73. The summed E-state index contributed by atoms with van der Waals surface area (Å²) in [5, 5.41) is 14.4. The number of carboxylic acids is 1. The number of nitrogens with zero attached hydrogens (tertiary/aromatic N) is 1. The van der Waals surface area contributed by atoms with Crippen molar-refractivity contribution < 1.29 is 14.7 Å². The van der Waals surface area contributed by atoms with Gasteiger partial charge in [0.2, 0.25) is 0 Å². The van der Waals surface area contributed by atoms with E-state index in [9.17, 15) is 19.5 Å². The smallest absolute Gasteiger partial charge is 0.265 e. The molecule has 0 aliphatic heterocycles. The number of aromatic nitrogens is 2. The van der Waals surface area contributed by atoms with Gasteiger partial charge in [0, 0.05) is 6.04 Å². The molecule has 9 heteroatoms. The van der Waals surface area contributed by atoms with Gasteiger partial charge in [0.15, 0.2) is 3.95 Å². The van der Waals surface area contributed by atoms with Crippen LogP contribution in [0.1, 0.15) is 45.7 Å². The van der Waals surface area contributed by atoms with Crippen LogP contribution in [0.2, 0.25) is 0 Å². The number of carbonyl (C=O) groups is 2. The van der Waals surface area contributed by atoms with Gasteiger partial charge >= 0.3 is 0 Å². The molecule has 1 fully saturated rings. The molecule has 2 heterocycles. The molecule has 1 aliphatic rings. The summed E-state index contributed by atoms with van der Waals surface area (Å²) in [7, 11) is 0. The number of benzene rings is 1. The minimum Gasteiger partial charge on any atom is -0.545 e. The fourth-order valence-corrected chi connectivity index (χ4v) is 4.68. The van der Waals surface area contributed by atoms with Crippen LogP contribution in [0.5, 0.6) is 0 Å². The second kappa shape index (κ2) is 6.33. The second-order valence-electron chi connectivity index (χ2n) is 6.31. The Balaban J connectivity index is 1.92. The number of aromatic carboxylic acids is 1. The van der Waals surface area contributed by atoms with Crippen LogP contribution in [-0.2, 0) is 0 Å². The van der Waals surface area contributed by atoms with E-state index in [1.165, 1.54) is 22.6 Å². The highest BCUT2D eigenvalue weighted by atomic mass is 32.1. The van der Waals surface area contributed by atoms with Crippen LogP contribution in [0.4, 0.5) is 0 Å². The fourth-order valence-electron chi connectivity index (χ4n) is 3.39. The largest absolute Gasteiger partial charge is 0.545 e. The molecular weight excluding hydrogens is 374 g/mol. The van der Waals surface area contributed by atoms with Crippen molar-refractivity contribution in [1.29, 1.82) is 0 Å². The van der Waals surface area contributed by atoms with E-state index in [1.807, 2.05) is 0 Å². The van der Waals surface area contributed by atoms with Gasteiger partial charge in [-0.3, -0.25) is 14.0 Å². The summed E-state index contributed by atoms with van der Waals surface area (Å²) in [5.41, 5.74) is 0.150. The van der Waals surface area contributed by atoms with Crippen molar-refractivity contribution in [2.24, 2.45) is 0 Å². The number of aromatic amines is 1. The molecule has 0 spiro atoms. The SMILES string of the molecule is O=C([O-])c1ccc2c(=O)[nH]c3c(C(=O)NC4CCCC4)sc(=S)n3c2c1. The first-order valence-corrected chi connectivity index (χ1v) is 9.42. The molecule has 3 aromatic rings. The summed E-state index contributed by atoms with van der Waals surface area (Å²) >= 11 is 6.46. The van der Waals surface area contributed by atoms with E-state index in [4.69, 9.17) is 12.2 Å². The van der Waals surface area contributed by atoms with Gasteiger partial charge in [-0.2, -0.15) is 0 Å². The monoisotopic (exact) mass is 388 g/mol. The van der Waals surface area contributed by atoms with E-state index in [0.717, 1.165) is 37.0 Å². The van der Waals surface area contributed by atoms with Gasteiger partial charge in [-0.15, -0.1) is 0 Å². The summed E-state index contributed by atoms with van der Waals surface area (Å²) in [5.74, 6) is -1.62. The number of hydrogen-bond acceptors (Lipinski definition) is 6. The number of rotatable bonds is 3. The number of thiazole rings is 1. The Hall–Kier alpha value is -2.52. The summed E-state index contributed by atoms with van der Waals surface area (Å²) in [4.78, 5) is 39.3. The van der Waals surface area contributed by atoms with Crippen molar-refractivity contribution in [3.63, 3.8) is 0 Å². The summed E-state index contributed by atoms with van der Waals surface area (Å²) < 4.78 is 1.89. The molecule has 26 heavy (non-hydrogen) atoms. The lowest BCUT2D eigenvalue weighted by Gasteiger charge is -2.11. The number of hydrogen-bond donors (Lipinski definition) is 2. The molecule has 0 saturated heterocycles. The van der Waals surface area contributed by atoms with Gasteiger partial charge < -0.3 is 20.2 Å². The minimum absolute atomic E-state index is 0.0607. The Morgan fingerprint density at radius 2 is 2.04 bits per heavy atom. The number of amides is 1. The maximum Gasteiger partial charge on any atom is 0.265 e. The molecule has 4 rings (SSSR count). The van der Waals surface area contributed by atoms with Crippen LogP contribution in [-0.4, -0.2) is 27.3 Å². The Bertz CT molecular complexity index is 1170. The molecule has 1 saturated carbocycles. The Labute approximate surface area is 156 Å². The van der Waals surface area contributed by atoms with E-state index in [-0.39, 0.29) is 23.2 Å². The number of nitrogens with one attached hydrogen (secondary N) is 2. The fraction of sp³-hybridized carbons (Fsp3) is 0.294. The van der Waals surface area contributed by atoms with E-state index in [1.54, 1.807) is 0 Å². The minimum atomic E-state index is -1.35. The molecule has 0 atom stereocenters. The summed E-state index contributed by atoms with van der Waals surface area (Å²) in [6.07, 6.45) is 4.06. The van der Waals surface area contributed by atoms with Gasteiger partial charge in [-0.25, -0.2) is 0 Å². The Kier molecular flexibility index (Phi) is 4.12. The number of fused-ring (bicyclic) bond motifs is 3. The van der Waals surface area contributed by atoms with Gasteiger partial charge in [0.1, 0.15) is 10.5 Å². The predicted octanol–water partition coefficient (Wildman–Crippen LogP) is 1.61. The predicted molar refractivity (Wildman–Crippen MR) is 98.3 cm³/mol. The highest BCUT2D eigenvalue weighted by Gasteiger charge is 2.22. The number of carboxylic acid groups (broad SMARTS) is 1. The Morgan fingerprint density at radius 3 is 2.73 bits per heavy atom. The van der Waals surface area contributed by atoms with Crippen LogP contribution in [0.3, 0.4) is 0 Å².